The van der Waals surface area contributed by atoms with Crippen molar-refractivity contribution in [2.75, 3.05) is 13.7 Å². The zero-order valence-electron chi connectivity index (χ0n) is 13.2. The third-order valence-corrected chi connectivity index (χ3v) is 4.43. The van der Waals surface area contributed by atoms with E-state index in [9.17, 15) is 14.7 Å². The summed E-state index contributed by atoms with van der Waals surface area (Å²) in [7, 11) is 1.36. The molecule has 2 rings (SSSR count). The Morgan fingerprint density at radius 1 is 1.48 bits per heavy atom. The molecule has 1 amide bonds. The van der Waals surface area contributed by atoms with Gasteiger partial charge in [0, 0.05) is 38.4 Å². The summed E-state index contributed by atoms with van der Waals surface area (Å²) < 4.78 is 11.3. The van der Waals surface area contributed by atoms with Crippen LogP contribution in [0, 0.1) is 0 Å². The number of nitrogens with zero attached hydrogens (tertiary/aromatic N) is 2. The Kier molecular flexibility index (Phi) is 5.46. The fraction of sp³-hybridized carbons (Fsp3) is 0.533. The Hall–Kier alpha value is -1.83. The molecule has 0 bridgehead atoms. The van der Waals surface area contributed by atoms with Crippen LogP contribution in [0.5, 0.6) is 11.6 Å². The van der Waals surface area contributed by atoms with Gasteiger partial charge in [-0.1, -0.05) is 0 Å². The van der Waals surface area contributed by atoms with Crippen LogP contribution in [0.25, 0.3) is 0 Å². The molecule has 7 nitrogen and oxygen atoms in total. The van der Waals surface area contributed by atoms with E-state index >= 15 is 0 Å². The number of halogens is 1. The highest BCUT2D eigenvalue weighted by Crippen LogP contribution is 2.32. The molecule has 1 fully saturated rings. The quantitative estimate of drug-likeness (QED) is 0.798. The van der Waals surface area contributed by atoms with Crippen molar-refractivity contribution in [3.63, 3.8) is 0 Å². The van der Waals surface area contributed by atoms with Crippen molar-refractivity contribution in [3.05, 3.63) is 16.2 Å². The molecule has 1 aromatic heterocycles. The van der Waals surface area contributed by atoms with E-state index in [0.29, 0.717) is 29.7 Å². The van der Waals surface area contributed by atoms with Crippen molar-refractivity contribution in [3.8, 4) is 11.6 Å². The summed E-state index contributed by atoms with van der Waals surface area (Å²) in [4.78, 5) is 28.7. The summed E-state index contributed by atoms with van der Waals surface area (Å²) in [5.74, 6) is -0.698. The number of ether oxygens (including phenoxy) is 2. The van der Waals surface area contributed by atoms with Crippen LogP contribution in [0.1, 0.15) is 37.0 Å². The van der Waals surface area contributed by atoms with Gasteiger partial charge in [0.15, 0.2) is 10.4 Å². The molecule has 126 valence electrons. The van der Waals surface area contributed by atoms with Crippen molar-refractivity contribution in [2.45, 2.75) is 38.8 Å². The summed E-state index contributed by atoms with van der Waals surface area (Å²) in [6.45, 7) is 4.15. The highest BCUT2D eigenvalue weighted by Gasteiger charge is 2.29. The molecule has 1 aromatic rings. The highest BCUT2D eigenvalue weighted by molar-refractivity contribution is 9.10. The molecule has 1 saturated heterocycles. The molecule has 0 spiro atoms. The van der Waals surface area contributed by atoms with Crippen LogP contribution in [0.2, 0.25) is 0 Å². The number of hydrogen-bond acceptors (Lipinski definition) is 5. The molecule has 1 unspecified atom stereocenters. The summed E-state index contributed by atoms with van der Waals surface area (Å²) in [5, 5.41) is 9.22. The van der Waals surface area contributed by atoms with E-state index in [1.165, 1.54) is 13.2 Å². The molecule has 1 N–H and O–H groups in total. The number of hydrogen-bond donors (Lipinski definition) is 1. The fourth-order valence-corrected chi connectivity index (χ4v) is 3.10. The normalized spacial score (nSPS) is 21.0. The van der Waals surface area contributed by atoms with E-state index in [0.717, 1.165) is 0 Å². The maximum absolute atomic E-state index is 11.5. The number of aromatic carboxylic acids is 1. The number of likely N-dealkylation sites (tertiary alicyclic amines) is 1. The van der Waals surface area contributed by atoms with E-state index in [4.69, 9.17) is 9.47 Å². The van der Waals surface area contributed by atoms with Gasteiger partial charge in [-0.2, -0.15) is 0 Å². The van der Waals surface area contributed by atoms with Crippen LogP contribution in [0.3, 0.4) is 0 Å². The molecule has 1 aliphatic rings. The second-order valence-corrected chi connectivity index (χ2v) is 6.22. The van der Waals surface area contributed by atoms with Crippen LogP contribution in [0.15, 0.2) is 10.7 Å². The van der Waals surface area contributed by atoms with Gasteiger partial charge < -0.3 is 19.5 Å². The van der Waals surface area contributed by atoms with Crippen LogP contribution < -0.4 is 9.47 Å². The number of piperidine rings is 1. The van der Waals surface area contributed by atoms with Crippen molar-refractivity contribution in [1.29, 1.82) is 0 Å². The Bertz CT molecular complexity index is 622. The third kappa shape index (κ3) is 3.93. The molecular formula is C15H19BrN2O5. The number of carbonyl (C=O) groups excluding carboxylic acids is 1. The van der Waals surface area contributed by atoms with Gasteiger partial charge in [-0.15, -0.1) is 0 Å². The molecule has 1 aliphatic heterocycles. The van der Waals surface area contributed by atoms with E-state index in [1.54, 1.807) is 6.92 Å². The van der Waals surface area contributed by atoms with Crippen LogP contribution in [-0.4, -0.2) is 52.7 Å². The van der Waals surface area contributed by atoms with E-state index in [-0.39, 0.29) is 29.5 Å². The lowest BCUT2D eigenvalue weighted by atomic mass is 10.0. The predicted octanol–water partition coefficient (Wildman–Crippen LogP) is 2.33. The zero-order valence-corrected chi connectivity index (χ0v) is 14.8. The number of amides is 1. The largest absolute Gasteiger partial charge is 0.487 e. The Morgan fingerprint density at radius 2 is 2.17 bits per heavy atom. The number of carbonyl (C=O) groups is 2. The Balaban J connectivity index is 2.16. The maximum Gasteiger partial charge on any atom is 0.341 e. The van der Waals surface area contributed by atoms with Gasteiger partial charge in [-0.05, 0) is 22.9 Å². The van der Waals surface area contributed by atoms with Crippen molar-refractivity contribution in [1.82, 2.24) is 9.88 Å². The fourth-order valence-electron chi connectivity index (χ4n) is 2.73. The molecule has 0 aromatic carbocycles. The van der Waals surface area contributed by atoms with Crippen LogP contribution in [-0.2, 0) is 4.79 Å². The summed E-state index contributed by atoms with van der Waals surface area (Å²) in [6.07, 6.45) is 1.26. The first kappa shape index (κ1) is 17.5. The minimum Gasteiger partial charge on any atom is -0.487 e. The van der Waals surface area contributed by atoms with Crippen molar-refractivity contribution in [2.24, 2.45) is 0 Å². The molecule has 2 heterocycles. The zero-order chi connectivity index (χ0) is 17.1. The lowest BCUT2D eigenvalue weighted by Gasteiger charge is -2.37. The SMILES string of the molecule is COc1nc(Br)c(OC2CCN(C(C)=O)[C@H](C)C2)cc1C(=O)O. The second-order valence-electron chi connectivity index (χ2n) is 5.46. The summed E-state index contributed by atoms with van der Waals surface area (Å²) in [6, 6.07) is 1.48. The molecule has 23 heavy (non-hydrogen) atoms. The third-order valence-electron chi connectivity index (χ3n) is 3.86. The first-order valence-corrected chi connectivity index (χ1v) is 8.04. The number of carboxylic acid groups (broad SMARTS) is 1. The van der Waals surface area contributed by atoms with E-state index < -0.39 is 5.97 Å². The van der Waals surface area contributed by atoms with Gasteiger partial charge >= 0.3 is 5.97 Å². The van der Waals surface area contributed by atoms with Crippen LogP contribution in [0.4, 0.5) is 0 Å². The first-order chi connectivity index (χ1) is 10.8. The maximum atomic E-state index is 11.5. The second kappa shape index (κ2) is 7.16. The molecule has 0 radical (unpaired) electrons. The number of aromatic nitrogens is 1. The Labute approximate surface area is 142 Å². The van der Waals surface area contributed by atoms with Gasteiger partial charge in [0.25, 0.3) is 0 Å². The van der Waals surface area contributed by atoms with E-state index in [2.05, 4.69) is 20.9 Å². The summed E-state index contributed by atoms with van der Waals surface area (Å²) >= 11 is 3.27. The highest BCUT2D eigenvalue weighted by atomic mass is 79.9. The molecule has 2 atom stereocenters. The van der Waals surface area contributed by atoms with Gasteiger partial charge in [0.05, 0.1) is 7.11 Å². The summed E-state index contributed by atoms with van der Waals surface area (Å²) in [5.41, 5.74) is -0.0556. The molecular weight excluding hydrogens is 368 g/mol. The minimum absolute atomic E-state index is 0.0245. The predicted molar refractivity (Wildman–Crippen MR) is 85.9 cm³/mol. The van der Waals surface area contributed by atoms with Gasteiger partial charge in [-0.3, -0.25) is 4.79 Å². The monoisotopic (exact) mass is 386 g/mol. The molecule has 0 aliphatic carbocycles. The molecule has 0 saturated carbocycles. The average Bonchev–Trinajstić information content (AvgIpc) is 2.48. The lowest BCUT2D eigenvalue weighted by Crippen LogP contribution is -2.46. The average molecular weight is 387 g/mol. The lowest BCUT2D eigenvalue weighted by molar-refractivity contribution is -0.133. The van der Waals surface area contributed by atoms with Crippen molar-refractivity contribution < 1.29 is 24.2 Å². The van der Waals surface area contributed by atoms with Gasteiger partial charge in [0.1, 0.15) is 11.7 Å². The number of carboxylic acids is 1. The topological polar surface area (TPSA) is 89.0 Å². The number of methoxy groups -OCH3 is 1. The van der Waals surface area contributed by atoms with Crippen molar-refractivity contribution >= 4 is 27.8 Å². The van der Waals surface area contributed by atoms with Crippen LogP contribution >= 0.6 is 15.9 Å². The number of rotatable bonds is 4. The van der Waals surface area contributed by atoms with E-state index in [1.807, 2.05) is 11.8 Å². The first-order valence-electron chi connectivity index (χ1n) is 7.25. The number of pyridine rings is 1. The minimum atomic E-state index is -1.13. The standard InChI is InChI=1S/C15H19BrN2O5/c1-8-6-10(4-5-18(8)9(2)19)23-12-7-11(15(20)21)14(22-3)17-13(12)16/h7-8,10H,4-6H2,1-3H3,(H,20,21)/t8-,10?/m1/s1. The van der Waals surface area contributed by atoms with Gasteiger partial charge in [-0.25, -0.2) is 9.78 Å². The smallest absolute Gasteiger partial charge is 0.341 e. The van der Waals surface area contributed by atoms with Gasteiger partial charge in [0.2, 0.25) is 11.8 Å². The Morgan fingerprint density at radius 3 is 2.70 bits per heavy atom. The molecule has 8 heteroatoms.